The van der Waals surface area contributed by atoms with E-state index in [2.05, 4.69) is 0 Å². The molecule has 1 fully saturated rings. The lowest BCUT2D eigenvalue weighted by atomic mass is 9.85. The maximum absolute atomic E-state index is 12.5. The van der Waals surface area contributed by atoms with Gasteiger partial charge in [-0.25, -0.2) is 0 Å². The van der Waals surface area contributed by atoms with Crippen LogP contribution in [-0.2, 0) is 6.18 Å². The molecule has 0 aromatic heterocycles. The summed E-state index contributed by atoms with van der Waals surface area (Å²) in [6.07, 6.45) is -3.16. The molecule has 0 radical (unpaired) electrons. The minimum atomic E-state index is -4.26. The molecule has 2 unspecified atom stereocenters. The first-order valence-corrected chi connectivity index (χ1v) is 7.13. The van der Waals surface area contributed by atoms with Crippen LogP contribution in [0.25, 0.3) is 0 Å². The molecule has 1 aliphatic heterocycles. The summed E-state index contributed by atoms with van der Waals surface area (Å²) in [6.45, 7) is 0.497. The predicted octanol–water partition coefficient (Wildman–Crippen LogP) is 3.50. The fourth-order valence-corrected chi connectivity index (χ4v) is 3.73. The molecule has 1 heterocycles. The molecule has 1 saturated heterocycles. The Balaban J connectivity index is 2.16. The Morgan fingerprint density at radius 1 is 1.28 bits per heavy atom. The van der Waals surface area contributed by atoms with Crippen molar-refractivity contribution >= 4 is 11.8 Å². The monoisotopic (exact) mass is 275 g/mol. The molecule has 2 atom stereocenters. The van der Waals surface area contributed by atoms with Crippen LogP contribution in [0, 0.1) is 5.92 Å². The van der Waals surface area contributed by atoms with Crippen molar-refractivity contribution in [2.45, 2.75) is 18.5 Å². The molecule has 2 N–H and O–H groups in total. The molecule has 0 spiro atoms. The molecule has 1 aromatic carbocycles. The largest absolute Gasteiger partial charge is 0.416 e. The van der Waals surface area contributed by atoms with Crippen molar-refractivity contribution in [3.05, 3.63) is 35.4 Å². The minimum absolute atomic E-state index is 0.183. The predicted molar refractivity (Wildman–Crippen MR) is 68.7 cm³/mol. The van der Waals surface area contributed by atoms with Crippen molar-refractivity contribution in [2.24, 2.45) is 11.7 Å². The van der Waals surface area contributed by atoms with Crippen molar-refractivity contribution in [3.63, 3.8) is 0 Å². The van der Waals surface area contributed by atoms with Crippen molar-refractivity contribution in [3.8, 4) is 0 Å². The van der Waals surface area contributed by atoms with Gasteiger partial charge in [-0.3, -0.25) is 0 Å². The molecule has 100 valence electrons. The molecule has 0 amide bonds. The lowest BCUT2D eigenvalue weighted by Crippen LogP contribution is -2.21. The van der Waals surface area contributed by atoms with Crippen LogP contribution in [0.1, 0.15) is 23.5 Å². The highest BCUT2D eigenvalue weighted by molar-refractivity contribution is 7.99. The lowest BCUT2D eigenvalue weighted by molar-refractivity contribution is -0.137. The number of nitrogens with two attached hydrogens (primary N) is 1. The van der Waals surface area contributed by atoms with Crippen LogP contribution in [0.2, 0.25) is 0 Å². The van der Waals surface area contributed by atoms with Gasteiger partial charge in [-0.05, 0) is 54.0 Å². The summed E-state index contributed by atoms with van der Waals surface area (Å²) in [6, 6.07) is 5.45. The quantitative estimate of drug-likeness (QED) is 0.913. The second-order valence-electron chi connectivity index (χ2n) is 4.59. The molecule has 1 aromatic rings. The zero-order chi connectivity index (χ0) is 13.2. The first-order valence-electron chi connectivity index (χ1n) is 5.97. The van der Waals surface area contributed by atoms with Crippen LogP contribution in [0.3, 0.4) is 0 Å². The van der Waals surface area contributed by atoms with Crippen LogP contribution >= 0.6 is 11.8 Å². The van der Waals surface area contributed by atoms with Gasteiger partial charge in [0, 0.05) is 0 Å². The fourth-order valence-electron chi connectivity index (χ4n) is 2.39. The smallest absolute Gasteiger partial charge is 0.330 e. The fraction of sp³-hybridized carbons (Fsp3) is 0.538. The Bertz CT molecular complexity index is 382. The van der Waals surface area contributed by atoms with Crippen molar-refractivity contribution in [1.29, 1.82) is 0 Å². The van der Waals surface area contributed by atoms with Crippen LogP contribution in [-0.4, -0.2) is 18.1 Å². The Morgan fingerprint density at radius 3 is 2.39 bits per heavy atom. The van der Waals surface area contributed by atoms with E-state index < -0.39 is 11.7 Å². The van der Waals surface area contributed by atoms with Crippen LogP contribution in [0.4, 0.5) is 13.2 Å². The number of rotatable bonds is 3. The van der Waals surface area contributed by atoms with E-state index in [0.29, 0.717) is 12.5 Å². The summed E-state index contributed by atoms with van der Waals surface area (Å²) in [7, 11) is 0. The average Bonchev–Trinajstić information content (AvgIpc) is 2.83. The zero-order valence-corrected chi connectivity index (χ0v) is 10.7. The topological polar surface area (TPSA) is 26.0 Å². The molecule has 1 nitrogen and oxygen atoms in total. The first-order chi connectivity index (χ1) is 8.52. The number of benzene rings is 1. The molecular formula is C13H16F3NS. The van der Waals surface area contributed by atoms with E-state index in [-0.39, 0.29) is 5.92 Å². The van der Waals surface area contributed by atoms with Gasteiger partial charge in [0.2, 0.25) is 0 Å². The summed E-state index contributed by atoms with van der Waals surface area (Å²) in [5.74, 6) is 2.86. The van der Waals surface area contributed by atoms with Gasteiger partial charge in [0.05, 0.1) is 5.56 Å². The van der Waals surface area contributed by atoms with E-state index in [1.165, 1.54) is 0 Å². The Labute approximate surface area is 109 Å². The second kappa shape index (κ2) is 5.53. The molecule has 0 bridgehead atoms. The number of thioether (sulfide) groups is 1. The molecular weight excluding hydrogens is 259 g/mol. The van der Waals surface area contributed by atoms with Crippen molar-refractivity contribution in [2.75, 3.05) is 18.1 Å². The molecule has 18 heavy (non-hydrogen) atoms. The Morgan fingerprint density at radius 2 is 1.94 bits per heavy atom. The van der Waals surface area contributed by atoms with Gasteiger partial charge in [0.1, 0.15) is 0 Å². The molecule has 5 heteroatoms. The standard InChI is InChI=1S/C13H16F3NS/c14-13(15,16)11-3-1-9(2-4-11)12(7-17)10-5-6-18-8-10/h1-4,10,12H,5-8,17H2. The molecule has 2 rings (SSSR count). The summed E-state index contributed by atoms with van der Waals surface area (Å²) in [5.41, 5.74) is 6.11. The van der Waals surface area contributed by atoms with E-state index in [4.69, 9.17) is 5.73 Å². The second-order valence-corrected chi connectivity index (χ2v) is 5.74. The van der Waals surface area contributed by atoms with E-state index in [9.17, 15) is 13.2 Å². The van der Waals surface area contributed by atoms with Crippen molar-refractivity contribution < 1.29 is 13.2 Å². The lowest BCUT2D eigenvalue weighted by Gasteiger charge is -2.22. The van der Waals surface area contributed by atoms with Gasteiger partial charge >= 0.3 is 6.18 Å². The average molecular weight is 275 g/mol. The summed E-state index contributed by atoms with van der Waals surface area (Å²) >= 11 is 1.89. The molecule has 1 aliphatic rings. The summed E-state index contributed by atoms with van der Waals surface area (Å²) in [5, 5.41) is 0. The third-order valence-corrected chi connectivity index (χ3v) is 4.64. The Hall–Kier alpha value is -0.680. The van der Waals surface area contributed by atoms with Crippen LogP contribution < -0.4 is 5.73 Å². The first kappa shape index (κ1) is 13.7. The highest BCUT2D eigenvalue weighted by atomic mass is 32.2. The third kappa shape index (κ3) is 3.01. The summed E-state index contributed by atoms with van der Waals surface area (Å²) < 4.78 is 37.4. The Kier molecular flexibility index (Phi) is 4.22. The maximum Gasteiger partial charge on any atom is 0.416 e. The van der Waals surface area contributed by atoms with Gasteiger partial charge < -0.3 is 5.73 Å². The van der Waals surface area contributed by atoms with Gasteiger partial charge in [0.15, 0.2) is 0 Å². The zero-order valence-electron chi connectivity index (χ0n) is 9.91. The van der Waals surface area contributed by atoms with E-state index >= 15 is 0 Å². The minimum Gasteiger partial charge on any atom is -0.330 e. The summed E-state index contributed by atoms with van der Waals surface area (Å²) in [4.78, 5) is 0. The number of alkyl halides is 3. The molecule has 0 aliphatic carbocycles. The van der Waals surface area contributed by atoms with Gasteiger partial charge in [0.25, 0.3) is 0 Å². The third-order valence-electron chi connectivity index (χ3n) is 3.45. The maximum atomic E-state index is 12.5. The number of halogens is 3. The van der Waals surface area contributed by atoms with E-state index in [0.717, 1.165) is 35.6 Å². The normalized spacial score (nSPS) is 22.1. The number of hydrogen-bond acceptors (Lipinski definition) is 2. The van der Waals surface area contributed by atoms with Gasteiger partial charge in [-0.1, -0.05) is 12.1 Å². The highest BCUT2D eigenvalue weighted by Crippen LogP contribution is 2.36. The SMILES string of the molecule is NCC(c1ccc(C(F)(F)F)cc1)C1CCSC1. The van der Waals surface area contributed by atoms with Gasteiger partial charge in [-0.2, -0.15) is 24.9 Å². The van der Waals surface area contributed by atoms with Crippen LogP contribution in [0.5, 0.6) is 0 Å². The highest BCUT2D eigenvalue weighted by Gasteiger charge is 2.31. The molecule has 0 saturated carbocycles. The van der Waals surface area contributed by atoms with Gasteiger partial charge in [-0.15, -0.1) is 0 Å². The van der Waals surface area contributed by atoms with E-state index in [1.54, 1.807) is 12.1 Å². The number of hydrogen-bond donors (Lipinski definition) is 1. The van der Waals surface area contributed by atoms with Crippen molar-refractivity contribution in [1.82, 2.24) is 0 Å². The van der Waals surface area contributed by atoms with E-state index in [1.807, 2.05) is 11.8 Å². The van der Waals surface area contributed by atoms with Crippen LogP contribution in [0.15, 0.2) is 24.3 Å².